The summed E-state index contributed by atoms with van der Waals surface area (Å²) in [7, 11) is 1.64. The zero-order chi connectivity index (χ0) is 18.0. The number of methoxy groups -OCH3 is 1. The van der Waals surface area contributed by atoms with Crippen LogP contribution in [-0.4, -0.2) is 62.4 Å². The third kappa shape index (κ3) is 3.20. The maximum absolute atomic E-state index is 12.8. The van der Waals surface area contributed by atoms with Crippen LogP contribution in [0.3, 0.4) is 0 Å². The van der Waals surface area contributed by atoms with Gasteiger partial charge >= 0.3 is 0 Å². The van der Waals surface area contributed by atoms with Crippen LogP contribution in [-0.2, 0) is 20.8 Å². The van der Waals surface area contributed by atoms with Crippen molar-refractivity contribution in [2.45, 2.75) is 6.54 Å². The van der Waals surface area contributed by atoms with Crippen LogP contribution in [0.25, 0.3) is 10.9 Å². The first-order valence-electron chi connectivity index (χ1n) is 9.13. The second kappa shape index (κ2) is 7.31. The van der Waals surface area contributed by atoms with Crippen molar-refractivity contribution in [1.29, 1.82) is 0 Å². The molecule has 2 saturated heterocycles. The molecule has 1 N–H and O–H groups in total. The topological polar surface area (TPSA) is 63.7 Å². The number of carbonyl (C=O) groups is 1. The number of nitrogens with zero attached hydrogens (tertiary/aromatic N) is 2. The van der Waals surface area contributed by atoms with E-state index >= 15 is 0 Å². The summed E-state index contributed by atoms with van der Waals surface area (Å²) in [5.41, 5.74) is 1.61. The lowest BCUT2D eigenvalue weighted by Crippen LogP contribution is -2.47. The average molecular weight is 355 g/mol. The van der Waals surface area contributed by atoms with E-state index in [0.29, 0.717) is 32.9 Å². The smallest absolute Gasteiger partial charge is 0.230 e. The molecule has 0 radical (unpaired) electrons. The number of para-hydroxylation sites is 1. The number of pyridine rings is 1. The van der Waals surface area contributed by atoms with Gasteiger partial charge in [0.2, 0.25) is 5.91 Å². The third-order valence-corrected chi connectivity index (χ3v) is 5.53. The van der Waals surface area contributed by atoms with Crippen molar-refractivity contribution >= 4 is 16.8 Å². The van der Waals surface area contributed by atoms with Crippen molar-refractivity contribution in [1.82, 2.24) is 15.2 Å². The van der Waals surface area contributed by atoms with Gasteiger partial charge in [0.1, 0.15) is 0 Å². The molecule has 6 heteroatoms. The fraction of sp³-hybridized carbons (Fsp3) is 0.500. The molecule has 2 aliphatic rings. The van der Waals surface area contributed by atoms with Crippen molar-refractivity contribution in [2.75, 3.05) is 46.6 Å². The summed E-state index contributed by atoms with van der Waals surface area (Å²) < 4.78 is 10.7. The fourth-order valence-corrected chi connectivity index (χ4v) is 4.15. The Kier molecular flexibility index (Phi) is 4.89. The molecule has 138 valence electrons. The highest BCUT2D eigenvalue weighted by Gasteiger charge is 2.55. The first kappa shape index (κ1) is 17.4. The van der Waals surface area contributed by atoms with Gasteiger partial charge in [0, 0.05) is 44.6 Å². The van der Waals surface area contributed by atoms with E-state index in [9.17, 15) is 4.79 Å². The van der Waals surface area contributed by atoms with Crippen LogP contribution >= 0.6 is 0 Å². The quantitative estimate of drug-likeness (QED) is 0.795. The molecule has 1 aromatic carbocycles. The van der Waals surface area contributed by atoms with E-state index in [-0.39, 0.29) is 11.8 Å². The summed E-state index contributed by atoms with van der Waals surface area (Å²) in [4.78, 5) is 19.9. The number of carbonyl (C=O) groups excluding carboxylic acids is 1. The van der Waals surface area contributed by atoms with Gasteiger partial charge < -0.3 is 14.8 Å². The van der Waals surface area contributed by atoms with Crippen LogP contribution in [0.5, 0.6) is 0 Å². The monoisotopic (exact) mass is 355 g/mol. The molecule has 1 amide bonds. The summed E-state index contributed by atoms with van der Waals surface area (Å²) in [6, 6.07) is 12.3. The normalized spacial score (nSPS) is 25.5. The third-order valence-electron chi connectivity index (χ3n) is 5.53. The van der Waals surface area contributed by atoms with Gasteiger partial charge in [-0.3, -0.25) is 14.7 Å². The van der Waals surface area contributed by atoms with E-state index in [1.165, 1.54) is 0 Å². The van der Waals surface area contributed by atoms with E-state index in [2.05, 4.69) is 28.4 Å². The van der Waals surface area contributed by atoms with Gasteiger partial charge in [-0.05, 0) is 12.1 Å². The molecule has 2 fully saturated rings. The molecule has 26 heavy (non-hydrogen) atoms. The number of benzene rings is 1. The van der Waals surface area contributed by atoms with E-state index in [0.717, 1.165) is 29.7 Å². The highest BCUT2D eigenvalue weighted by atomic mass is 16.5. The zero-order valence-corrected chi connectivity index (χ0v) is 15.1. The number of nitrogens with one attached hydrogen (secondary N) is 1. The van der Waals surface area contributed by atoms with Gasteiger partial charge in [0.25, 0.3) is 0 Å². The molecule has 6 nitrogen and oxygen atoms in total. The minimum atomic E-state index is -0.440. The second-order valence-electron chi connectivity index (χ2n) is 7.28. The predicted octanol–water partition coefficient (Wildman–Crippen LogP) is 1.45. The molecule has 1 aromatic heterocycles. The molecule has 2 atom stereocenters. The van der Waals surface area contributed by atoms with Gasteiger partial charge in [-0.2, -0.15) is 0 Å². The SMILES string of the molecule is COCCNC(=O)[C@@]12COC[C@@H]1CN(Cc1ccc3ccccc3n1)C2. The maximum Gasteiger partial charge on any atom is 0.230 e. The van der Waals surface area contributed by atoms with Gasteiger partial charge in [-0.1, -0.05) is 24.3 Å². The average Bonchev–Trinajstić information content (AvgIpc) is 3.19. The Hall–Kier alpha value is -2.02. The number of fused-ring (bicyclic) bond motifs is 2. The minimum Gasteiger partial charge on any atom is -0.383 e. The van der Waals surface area contributed by atoms with Crippen molar-refractivity contribution in [3.8, 4) is 0 Å². The lowest BCUT2D eigenvalue weighted by Gasteiger charge is -2.26. The van der Waals surface area contributed by atoms with E-state index in [1.54, 1.807) is 7.11 Å². The van der Waals surface area contributed by atoms with Gasteiger partial charge in [0.15, 0.2) is 0 Å². The maximum atomic E-state index is 12.8. The Morgan fingerprint density at radius 1 is 1.38 bits per heavy atom. The molecule has 0 spiro atoms. The van der Waals surface area contributed by atoms with Crippen molar-refractivity contribution in [2.24, 2.45) is 11.3 Å². The number of amides is 1. The molecule has 0 saturated carbocycles. The standard InChI is InChI=1S/C20H25N3O3/c1-25-9-8-21-19(24)20-13-23(10-16(20)12-26-14-20)11-17-7-6-15-4-2-3-5-18(15)22-17/h2-7,16H,8-14H2,1H3,(H,21,24)/t16-,20-/m0/s1. The van der Waals surface area contributed by atoms with Crippen LogP contribution in [0.2, 0.25) is 0 Å². The van der Waals surface area contributed by atoms with Crippen LogP contribution in [0, 0.1) is 11.3 Å². The fourth-order valence-electron chi connectivity index (χ4n) is 4.15. The summed E-state index contributed by atoms with van der Waals surface area (Å²) in [6.07, 6.45) is 0. The Morgan fingerprint density at radius 3 is 3.15 bits per heavy atom. The number of hydrogen-bond acceptors (Lipinski definition) is 5. The van der Waals surface area contributed by atoms with E-state index in [1.807, 2.05) is 18.2 Å². The van der Waals surface area contributed by atoms with Crippen LogP contribution < -0.4 is 5.32 Å². The molecule has 2 aromatic rings. The first-order valence-corrected chi connectivity index (χ1v) is 9.13. The van der Waals surface area contributed by atoms with Crippen molar-refractivity contribution < 1.29 is 14.3 Å². The van der Waals surface area contributed by atoms with Crippen LogP contribution in [0.1, 0.15) is 5.69 Å². The van der Waals surface area contributed by atoms with Crippen molar-refractivity contribution in [3.63, 3.8) is 0 Å². The lowest BCUT2D eigenvalue weighted by atomic mass is 9.80. The molecule has 0 aliphatic carbocycles. The number of ether oxygens (including phenoxy) is 2. The molecule has 0 unspecified atom stereocenters. The largest absolute Gasteiger partial charge is 0.383 e. The number of rotatable bonds is 6. The summed E-state index contributed by atoms with van der Waals surface area (Å²) >= 11 is 0. The number of hydrogen-bond donors (Lipinski definition) is 1. The summed E-state index contributed by atoms with van der Waals surface area (Å²) in [6.45, 7) is 4.55. The second-order valence-corrected chi connectivity index (χ2v) is 7.28. The Bertz CT molecular complexity index is 797. The lowest BCUT2D eigenvalue weighted by molar-refractivity contribution is -0.131. The summed E-state index contributed by atoms with van der Waals surface area (Å²) in [5.74, 6) is 0.330. The molecule has 2 aliphatic heterocycles. The molecular formula is C20H25N3O3. The number of likely N-dealkylation sites (tertiary alicyclic amines) is 1. The highest BCUT2D eigenvalue weighted by molar-refractivity contribution is 5.84. The van der Waals surface area contributed by atoms with Crippen LogP contribution in [0.15, 0.2) is 36.4 Å². The van der Waals surface area contributed by atoms with Crippen molar-refractivity contribution in [3.05, 3.63) is 42.1 Å². The van der Waals surface area contributed by atoms with E-state index in [4.69, 9.17) is 14.5 Å². The number of aromatic nitrogens is 1. The predicted molar refractivity (Wildman–Crippen MR) is 98.6 cm³/mol. The van der Waals surface area contributed by atoms with Gasteiger partial charge in [0.05, 0.1) is 36.4 Å². The summed E-state index contributed by atoms with van der Waals surface area (Å²) in [5, 5.41) is 4.16. The van der Waals surface area contributed by atoms with Crippen LogP contribution in [0.4, 0.5) is 0 Å². The molecular weight excluding hydrogens is 330 g/mol. The molecule has 4 rings (SSSR count). The highest BCUT2D eigenvalue weighted by Crippen LogP contribution is 2.42. The zero-order valence-electron chi connectivity index (χ0n) is 15.1. The molecule has 0 bridgehead atoms. The Labute approximate surface area is 153 Å². The Balaban J connectivity index is 1.46. The first-order chi connectivity index (χ1) is 12.7. The van der Waals surface area contributed by atoms with Gasteiger partial charge in [-0.15, -0.1) is 0 Å². The Morgan fingerprint density at radius 2 is 2.27 bits per heavy atom. The minimum absolute atomic E-state index is 0.0889. The van der Waals surface area contributed by atoms with Gasteiger partial charge in [-0.25, -0.2) is 0 Å². The van der Waals surface area contributed by atoms with E-state index < -0.39 is 5.41 Å². The molecule has 3 heterocycles.